The van der Waals surface area contributed by atoms with Crippen LogP contribution in [0.25, 0.3) is 21.4 Å². The van der Waals surface area contributed by atoms with Crippen molar-refractivity contribution in [2.45, 2.75) is 39.7 Å². The molecule has 1 fully saturated rings. The Balaban J connectivity index is 1.59. The maximum absolute atomic E-state index is 13.1. The minimum atomic E-state index is -0.507. The number of hydrogen-bond donors (Lipinski definition) is 1. The van der Waals surface area contributed by atoms with Gasteiger partial charge >= 0.3 is 0 Å². The fourth-order valence-corrected chi connectivity index (χ4v) is 4.37. The number of rotatable bonds is 3. The van der Waals surface area contributed by atoms with Gasteiger partial charge in [-0.15, -0.1) is 0 Å². The van der Waals surface area contributed by atoms with Crippen LogP contribution >= 0.6 is 0 Å². The highest BCUT2D eigenvalue weighted by Gasteiger charge is 2.32. The molecule has 0 spiro atoms. The highest BCUT2D eigenvalue weighted by atomic mass is 16.2. The van der Waals surface area contributed by atoms with Gasteiger partial charge in [0.1, 0.15) is 0 Å². The van der Waals surface area contributed by atoms with Gasteiger partial charge < -0.3 is 9.88 Å². The summed E-state index contributed by atoms with van der Waals surface area (Å²) in [5, 5.41) is 0.760. The number of H-pyrrole nitrogens is 1. The number of pyridine rings is 1. The van der Waals surface area contributed by atoms with Gasteiger partial charge in [-0.05, 0) is 44.7 Å². The van der Waals surface area contributed by atoms with Crippen LogP contribution in [0.15, 0.2) is 48.3 Å². The van der Waals surface area contributed by atoms with E-state index in [1.807, 2.05) is 51.1 Å². The average Bonchev–Trinajstić information content (AvgIpc) is 3.23. The monoisotopic (exact) mass is 412 g/mol. The molecule has 1 saturated heterocycles. The van der Waals surface area contributed by atoms with Crippen molar-refractivity contribution in [1.82, 2.24) is 14.9 Å². The first-order valence-corrected chi connectivity index (χ1v) is 10.4. The molecule has 6 heteroatoms. The Labute approximate surface area is 181 Å². The number of piperidine rings is 1. The number of amides is 1. The minimum absolute atomic E-state index is 0.157. The van der Waals surface area contributed by atoms with Crippen LogP contribution in [0, 0.1) is 20.4 Å². The summed E-state index contributed by atoms with van der Waals surface area (Å²) in [5.74, 6) is -1.00. The van der Waals surface area contributed by atoms with Crippen molar-refractivity contribution in [1.29, 1.82) is 0 Å². The third-order valence-electron chi connectivity index (χ3n) is 6.01. The lowest BCUT2D eigenvalue weighted by molar-refractivity contribution is -0.128. The van der Waals surface area contributed by atoms with Crippen molar-refractivity contribution in [2.75, 3.05) is 6.54 Å². The topological polar surface area (TPSA) is 70.4 Å². The van der Waals surface area contributed by atoms with Crippen LogP contribution in [0.2, 0.25) is 0 Å². The smallest absolute Gasteiger partial charge is 0.295 e. The van der Waals surface area contributed by atoms with Crippen LogP contribution in [-0.2, 0) is 4.79 Å². The maximum atomic E-state index is 13.1. The number of nitrogens with one attached hydrogen (secondary N) is 1. The Morgan fingerprint density at radius 1 is 1.23 bits per heavy atom. The number of likely N-dealkylation sites (tertiary alicyclic amines) is 1. The van der Waals surface area contributed by atoms with Crippen molar-refractivity contribution in [3.63, 3.8) is 0 Å². The SMILES string of the molecule is [C-]#[N+]C(=C1CCN(C(=O)C(=O)c2c[nH]c3c(C)ncc(C)c23)C(C)C1)c1ccccc1. The number of fused-ring (bicyclic) bond motifs is 1. The molecule has 4 rings (SSSR count). The summed E-state index contributed by atoms with van der Waals surface area (Å²) in [7, 11) is 0. The predicted molar refractivity (Wildman–Crippen MR) is 120 cm³/mol. The van der Waals surface area contributed by atoms with Crippen molar-refractivity contribution in [3.8, 4) is 0 Å². The lowest BCUT2D eigenvalue weighted by Crippen LogP contribution is -2.46. The number of benzene rings is 1. The number of carbonyl (C=O) groups excluding carboxylic acids is 2. The molecule has 0 bridgehead atoms. The second-order valence-electron chi connectivity index (χ2n) is 8.04. The maximum Gasteiger partial charge on any atom is 0.295 e. The fourth-order valence-electron chi connectivity index (χ4n) is 4.37. The molecule has 1 amide bonds. The molecule has 1 unspecified atom stereocenters. The van der Waals surface area contributed by atoms with Crippen molar-refractivity contribution >= 4 is 28.3 Å². The number of nitrogens with zero attached hydrogens (tertiary/aromatic N) is 3. The molecular weight excluding hydrogens is 388 g/mol. The zero-order valence-electron chi connectivity index (χ0n) is 17.9. The lowest BCUT2D eigenvalue weighted by Gasteiger charge is -2.35. The average molecular weight is 412 g/mol. The predicted octanol–water partition coefficient (Wildman–Crippen LogP) is 4.70. The largest absolute Gasteiger partial charge is 0.359 e. The van der Waals surface area contributed by atoms with Crippen LogP contribution < -0.4 is 0 Å². The van der Waals surface area contributed by atoms with E-state index in [4.69, 9.17) is 6.57 Å². The van der Waals surface area contributed by atoms with Gasteiger partial charge in [0.25, 0.3) is 11.7 Å². The molecule has 1 aromatic carbocycles. The van der Waals surface area contributed by atoms with Gasteiger partial charge in [-0.1, -0.05) is 35.9 Å². The molecule has 1 atom stereocenters. The normalized spacial score (nSPS) is 18.0. The van der Waals surface area contributed by atoms with Crippen molar-refractivity contribution in [2.24, 2.45) is 0 Å². The number of aromatic nitrogens is 2. The Morgan fingerprint density at radius 2 is 1.97 bits per heavy atom. The van der Waals surface area contributed by atoms with Gasteiger partial charge in [0.2, 0.25) is 0 Å². The quantitative estimate of drug-likeness (QED) is 0.385. The summed E-state index contributed by atoms with van der Waals surface area (Å²) >= 11 is 0. The molecular formula is C25H24N4O2. The molecule has 3 aromatic rings. The molecule has 31 heavy (non-hydrogen) atoms. The number of ketones is 1. The van der Waals surface area contributed by atoms with E-state index in [1.165, 1.54) is 0 Å². The Kier molecular flexibility index (Phi) is 5.43. The number of carbonyl (C=O) groups is 2. The van der Waals surface area contributed by atoms with Gasteiger partial charge in [-0.3, -0.25) is 14.6 Å². The van der Waals surface area contributed by atoms with Crippen LogP contribution in [0.1, 0.15) is 46.9 Å². The lowest BCUT2D eigenvalue weighted by atomic mass is 9.92. The first-order chi connectivity index (χ1) is 14.9. The van der Waals surface area contributed by atoms with E-state index in [0.717, 1.165) is 33.3 Å². The van der Waals surface area contributed by atoms with Gasteiger partial charge in [0.05, 0.1) is 23.3 Å². The van der Waals surface area contributed by atoms with Crippen LogP contribution in [-0.4, -0.2) is 39.1 Å². The Bertz CT molecular complexity index is 1250. The van der Waals surface area contributed by atoms with Crippen molar-refractivity contribution < 1.29 is 9.59 Å². The number of Topliss-reactive ketones (excluding diaryl/α,β-unsaturated/α-hetero) is 1. The van der Waals surface area contributed by atoms with Crippen LogP contribution in [0.4, 0.5) is 0 Å². The molecule has 0 saturated carbocycles. The van der Waals surface area contributed by atoms with E-state index >= 15 is 0 Å². The Morgan fingerprint density at radius 3 is 2.65 bits per heavy atom. The van der Waals surface area contributed by atoms with E-state index in [-0.39, 0.29) is 6.04 Å². The van der Waals surface area contributed by atoms with E-state index < -0.39 is 11.7 Å². The zero-order chi connectivity index (χ0) is 22.1. The third kappa shape index (κ3) is 3.64. The highest BCUT2D eigenvalue weighted by molar-refractivity contribution is 6.45. The van der Waals surface area contributed by atoms with E-state index in [1.54, 1.807) is 17.3 Å². The second-order valence-corrected chi connectivity index (χ2v) is 8.04. The number of aromatic amines is 1. The van der Waals surface area contributed by atoms with Gasteiger partial charge in [0, 0.05) is 30.4 Å². The van der Waals surface area contributed by atoms with E-state index in [2.05, 4.69) is 14.8 Å². The molecule has 0 radical (unpaired) electrons. The summed E-state index contributed by atoms with van der Waals surface area (Å²) in [6.07, 6.45) is 4.51. The third-order valence-corrected chi connectivity index (χ3v) is 6.01. The second kappa shape index (κ2) is 8.19. The molecule has 1 aliphatic heterocycles. The van der Waals surface area contributed by atoms with Gasteiger partial charge in [-0.25, -0.2) is 4.85 Å². The summed E-state index contributed by atoms with van der Waals surface area (Å²) in [6, 6.07) is 9.47. The van der Waals surface area contributed by atoms with Crippen LogP contribution in [0.3, 0.4) is 0 Å². The summed E-state index contributed by atoms with van der Waals surface area (Å²) < 4.78 is 0. The standard InChI is InChI=1S/C25H24N4O2/c1-15-13-27-17(3)22-21(15)20(14-28-22)24(30)25(31)29-11-10-19(12-16(29)2)23(26-4)18-8-6-5-7-9-18/h5-9,13-14,16,28H,10-12H2,1-3H3. The molecule has 2 aromatic heterocycles. The molecule has 1 aliphatic rings. The first kappa shape index (κ1) is 20.5. The summed E-state index contributed by atoms with van der Waals surface area (Å²) in [4.78, 5) is 39.1. The molecule has 3 heterocycles. The molecule has 156 valence electrons. The minimum Gasteiger partial charge on any atom is -0.359 e. The van der Waals surface area contributed by atoms with Crippen LogP contribution in [0.5, 0.6) is 0 Å². The first-order valence-electron chi connectivity index (χ1n) is 10.4. The number of hydrogen-bond acceptors (Lipinski definition) is 3. The Hall–Kier alpha value is -3.72. The number of aryl methyl sites for hydroxylation is 2. The fraction of sp³-hybridized carbons (Fsp3) is 0.280. The van der Waals surface area contributed by atoms with Gasteiger partial charge in [-0.2, -0.15) is 0 Å². The van der Waals surface area contributed by atoms with E-state index in [0.29, 0.717) is 30.6 Å². The van der Waals surface area contributed by atoms with Gasteiger partial charge in [0.15, 0.2) is 5.70 Å². The highest BCUT2D eigenvalue weighted by Crippen LogP contribution is 2.31. The van der Waals surface area contributed by atoms with E-state index in [9.17, 15) is 9.59 Å². The molecule has 0 aliphatic carbocycles. The van der Waals surface area contributed by atoms with Crippen molar-refractivity contribution in [3.05, 3.63) is 82.1 Å². The summed E-state index contributed by atoms with van der Waals surface area (Å²) in [5.41, 5.74) is 5.42. The molecule has 6 nitrogen and oxygen atoms in total. The molecule has 1 N–H and O–H groups in total. The zero-order valence-corrected chi connectivity index (χ0v) is 17.9. The summed E-state index contributed by atoms with van der Waals surface area (Å²) in [6.45, 7) is 13.8.